The van der Waals surface area contributed by atoms with Crippen molar-refractivity contribution in [3.05, 3.63) is 0 Å². The minimum atomic E-state index is -0.136. The Kier molecular flexibility index (Phi) is 9.74. The van der Waals surface area contributed by atoms with Gasteiger partial charge in [0, 0.05) is 40.0 Å². The van der Waals surface area contributed by atoms with Gasteiger partial charge in [-0.05, 0) is 25.7 Å². The fourth-order valence-corrected chi connectivity index (χ4v) is 1.53. The van der Waals surface area contributed by atoms with Crippen molar-refractivity contribution in [2.45, 2.75) is 40.4 Å². The van der Waals surface area contributed by atoms with Gasteiger partial charge in [0.1, 0.15) is 0 Å². The summed E-state index contributed by atoms with van der Waals surface area (Å²) in [6.07, 6.45) is 0.910. The number of hydrogen-bond donors (Lipinski definition) is 1. The van der Waals surface area contributed by atoms with Crippen molar-refractivity contribution in [3.8, 4) is 0 Å². The van der Waals surface area contributed by atoms with Crippen molar-refractivity contribution in [3.63, 3.8) is 0 Å². The summed E-state index contributed by atoms with van der Waals surface area (Å²) >= 11 is 0. The van der Waals surface area contributed by atoms with Gasteiger partial charge in [-0.3, -0.25) is 0 Å². The second kappa shape index (κ2) is 9.83. The lowest BCUT2D eigenvalue weighted by atomic mass is 9.90. The summed E-state index contributed by atoms with van der Waals surface area (Å²) in [5.74, 6) is 0. The van der Waals surface area contributed by atoms with Crippen LogP contribution in [0.4, 0.5) is 0 Å². The summed E-state index contributed by atoms with van der Waals surface area (Å²) < 4.78 is 16.0. The molecule has 104 valence electrons. The molecule has 0 fully saturated rings. The topological polar surface area (TPSA) is 39.7 Å². The van der Waals surface area contributed by atoms with Gasteiger partial charge in [0.25, 0.3) is 0 Å². The highest BCUT2D eigenvalue weighted by Gasteiger charge is 2.18. The maximum absolute atomic E-state index is 5.47. The third-order valence-electron chi connectivity index (χ3n) is 2.60. The lowest BCUT2D eigenvalue weighted by Crippen LogP contribution is -2.37. The SMILES string of the molecule is CCOC(CNCC(C)(C)CCOC)OCC. The number of methoxy groups -OCH3 is 1. The number of ether oxygens (including phenoxy) is 3. The first kappa shape index (κ1) is 16.8. The summed E-state index contributed by atoms with van der Waals surface area (Å²) in [5, 5.41) is 3.40. The Morgan fingerprint density at radius 2 is 1.71 bits per heavy atom. The molecule has 1 N–H and O–H groups in total. The molecule has 0 atom stereocenters. The van der Waals surface area contributed by atoms with Crippen molar-refractivity contribution >= 4 is 0 Å². The van der Waals surface area contributed by atoms with E-state index in [1.54, 1.807) is 7.11 Å². The minimum Gasteiger partial charge on any atom is -0.385 e. The summed E-state index contributed by atoms with van der Waals surface area (Å²) in [4.78, 5) is 0. The predicted octanol–water partition coefficient (Wildman–Crippen LogP) is 2.04. The second-order valence-corrected chi connectivity index (χ2v) is 4.88. The Bertz CT molecular complexity index is 168. The van der Waals surface area contributed by atoms with Crippen LogP contribution in [0.25, 0.3) is 0 Å². The van der Waals surface area contributed by atoms with Gasteiger partial charge in [-0.1, -0.05) is 13.8 Å². The van der Waals surface area contributed by atoms with Crippen LogP contribution >= 0.6 is 0 Å². The van der Waals surface area contributed by atoms with E-state index in [1.165, 1.54) is 0 Å². The summed E-state index contributed by atoms with van der Waals surface area (Å²) in [7, 11) is 1.74. The molecule has 0 amide bonds. The van der Waals surface area contributed by atoms with Crippen molar-refractivity contribution in [2.24, 2.45) is 5.41 Å². The van der Waals surface area contributed by atoms with E-state index in [4.69, 9.17) is 14.2 Å². The van der Waals surface area contributed by atoms with Gasteiger partial charge in [0.2, 0.25) is 0 Å². The van der Waals surface area contributed by atoms with E-state index >= 15 is 0 Å². The normalized spacial score (nSPS) is 12.4. The van der Waals surface area contributed by atoms with E-state index in [2.05, 4.69) is 19.2 Å². The lowest BCUT2D eigenvalue weighted by Gasteiger charge is -2.26. The number of rotatable bonds is 11. The van der Waals surface area contributed by atoms with E-state index < -0.39 is 0 Å². The van der Waals surface area contributed by atoms with Gasteiger partial charge < -0.3 is 19.5 Å². The first-order chi connectivity index (χ1) is 8.05. The molecule has 0 aromatic rings. The van der Waals surface area contributed by atoms with Crippen LogP contribution in [0.2, 0.25) is 0 Å². The fourth-order valence-electron chi connectivity index (χ4n) is 1.53. The highest BCUT2D eigenvalue weighted by atomic mass is 16.7. The van der Waals surface area contributed by atoms with Crippen molar-refractivity contribution in [2.75, 3.05) is 40.0 Å². The van der Waals surface area contributed by atoms with Crippen LogP contribution in [0.1, 0.15) is 34.1 Å². The average Bonchev–Trinajstić information content (AvgIpc) is 2.27. The average molecular weight is 247 g/mol. The first-order valence-electron chi connectivity index (χ1n) is 6.48. The molecular formula is C13H29NO3. The first-order valence-corrected chi connectivity index (χ1v) is 6.48. The zero-order valence-corrected chi connectivity index (χ0v) is 12.0. The molecule has 0 aromatic carbocycles. The summed E-state index contributed by atoms with van der Waals surface area (Å²) in [6, 6.07) is 0. The van der Waals surface area contributed by atoms with Crippen molar-refractivity contribution in [1.29, 1.82) is 0 Å². The Morgan fingerprint density at radius 3 is 2.18 bits per heavy atom. The van der Waals surface area contributed by atoms with E-state index in [9.17, 15) is 0 Å². The molecule has 4 heteroatoms. The van der Waals surface area contributed by atoms with E-state index in [0.717, 1.165) is 26.1 Å². The van der Waals surface area contributed by atoms with Crippen LogP contribution in [0.3, 0.4) is 0 Å². The van der Waals surface area contributed by atoms with Crippen LogP contribution < -0.4 is 5.32 Å². The van der Waals surface area contributed by atoms with Crippen LogP contribution in [0.5, 0.6) is 0 Å². The molecule has 4 nitrogen and oxygen atoms in total. The maximum atomic E-state index is 5.47. The predicted molar refractivity (Wildman–Crippen MR) is 70.2 cm³/mol. The molecule has 17 heavy (non-hydrogen) atoms. The van der Waals surface area contributed by atoms with Crippen molar-refractivity contribution in [1.82, 2.24) is 5.32 Å². The van der Waals surface area contributed by atoms with Gasteiger partial charge in [-0.25, -0.2) is 0 Å². The molecular weight excluding hydrogens is 218 g/mol. The quantitative estimate of drug-likeness (QED) is 0.567. The van der Waals surface area contributed by atoms with Crippen LogP contribution in [-0.4, -0.2) is 46.3 Å². The molecule has 0 radical (unpaired) electrons. The van der Waals surface area contributed by atoms with Gasteiger partial charge in [0.05, 0.1) is 0 Å². The maximum Gasteiger partial charge on any atom is 0.169 e. The number of hydrogen-bond acceptors (Lipinski definition) is 4. The Morgan fingerprint density at radius 1 is 1.12 bits per heavy atom. The monoisotopic (exact) mass is 247 g/mol. The molecule has 0 aliphatic heterocycles. The highest BCUT2D eigenvalue weighted by molar-refractivity contribution is 4.71. The molecule has 0 spiro atoms. The molecule has 0 rings (SSSR count). The highest BCUT2D eigenvalue weighted by Crippen LogP contribution is 2.18. The summed E-state index contributed by atoms with van der Waals surface area (Å²) in [5.41, 5.74) is 0.235. The third-order valence-corrected chi connectivity index (χ3v) is 2.60. The molecule has 0 heterocycles. The summed E-state index contributed by atoms with van der Waals surface area (Å²) in [6.45, 7) is 12.3. The molecule has 0 bridgehead atoms. The lowest BCUT2D eigenvalue weighted by molar-refractivity contribution is -0.133. The molecule has 0 aliphatic carbocycles. The van der Waals surface area contributed by atoms with E-state index in [-0.39, 0.29) is 11.7 Å². The fraction of sp³-hybridized carbons (Fsp3) is 1.00. The molecule has 0 aliphatic rings. The molecule has 0 unspecified atom stereocenters. The van der Waals surface area contributed by atoms with Crippen molar-refractivity contribution < 1.29 is 14.2 Å². The molecule has 0 saturated carbocycles. The van der Waals surface area contributed by atoms with Crippen LogP contribution in [-0.2, 0) is 14.2 Å². The second-order valence-electron chi connectivity index (χ2n) is 4.88. The molecule has 0 saturated heterocycles. The Labute approximate surface area is 106 Å². The van der Waals surface area contributed by atoms with Gasteiger partial charge in [0.15, 0.2) is 6.29 Å². The van der Waals surface area contributed by atoms with Gasteiger partial charge in [-0.15, -0.1) is 0 Å². The number of nitrogens with one attached hydrogen (secondary N) is 1. The Balaban J connectivity index is 3.77. The van der Waals surface area contributed by atoms with Crippen LogP contribution in [0.15, 0.2) is 0 Å². The van der Waals surface area contributed by atoms with E-state index in [0.29, 0.717) is 13.2 Å². The van der Waals surface area contributed by atoms with Gasteiger partial charge in [-0.2, -0.15) is 0 Å². The van der Waals surface area contributed by atoms with E-state index in [1.807, 2.05) is 13.8 Å². The zero-order chi connectivity index (χ0) is 13.1. The van der Waals surface area contributed by atoms with Gasteiger partial charge >= 0.3 is 0 Å². The third kappa shape index (κ3) is 9.53. The molecule has 0 aromatic heterocycles. The minimum absolute atomic E-state index is 0.136. The zero-order valence-electron chi connectivity index (χ0n) is 12.0. The largest absolute Gasteiger partial charge is 0.385 e. The standard InChI is InChI=1S/C13H29NO3/c1-6-16-12(17-7-2)10-14-11-13(3,4)8-9-15-5/h12,14H,6-11H2,1-5H3. The van der Waals surface area contributed by atoms with Crippen LogP contribution in [0, 0.1) is 5.41 Å². The Hall–Kier alpha value is -0.160. The smallest absolute Gasteiger partial charge is 0.169 e.